The van der Waals surface area contributed by atoms with Gasteiger partial charge in [0.25, 0.3) is 5.56 Å². The van der Waals surface area contributed by atoms with E-state index < -0.39 is 5.60 Å². The third kappa shape index (κ3) is 2.48. The molecule has 2 aromatic rings. The Labute approximate surface area is 141 Å². The molecule has 1 saturated heterocycles. The average Bonchev–Trinajstić information content (AvgIpc) is 2.56. The standard InChI is InChI=1S/C19H23N3O2/c23-17-11-16(15-5-2-1-3-6-15)21-14-22(17)13-19(24)9-10-20-12-18(19)7-4-8-18/h1-3,5-6,11,14,20,24H,4,7-10,12-13H2. The summed E-state index contributed by atoms with van der Waals surface area (Å²) >= 11 is 0. The summed E-state index contributed by atoms with van der Waals surface area (Å²) in [7, 11) is 0. The van der Waals surface area contributed by atoms with E-state index in [0.29, 0.717) is 18.7 Å². The van der Waals surface area contributed by atoms with Crippen LogP contribution in [-0.4, -0.2) is 33.3 Å². The van der Waals surface area contributed by atoms with E-state index in [1.165, 1.54) is 0 Å². The van der Waals surface area contributed by atoms with Gasteiger partial charge in [0.05, 0.1) is 24.2 Å². The Bertz CT molecular complexity index is 783. The third-order valence-corrected chi connectivity index (χ3v) is 5.86. The number of hydrogen-bond donors (Lipinski definition) is 2. The van der Waals surface area contributed by atoms with Crippen LogP contribution >= 0.6 is 0 Å². The van der Waals surface area contributed by atoms with Gasteiger partial charge in [-0.25, -0.2) is 4.98 Å². The number of benzene rings is 1. The highest BCUT2D eigenvalue weighted by Crippen LogP contribution is 2.52. The Morgan fingerprint density at radius 3 is 2.67 bits per heavy atom. The maximum absolute atomic E-state index is 12.5. The lowest BCUT2D eigenvalue weighted by Crippen LogP contribution is -2.64. The smallest absolute Gasteiger partial charge is 0.253 e. The molecule has 1 aliphatic carbocycles. The van der Waals surface area contributed by atoms with Crippen LogP contribution in [0.5, 0.6) is 0 Å². The van der Waals surface area contributed by atoms with Crippen LogP contribution in [0.1, 0.15) is 25.7 Å². The number of nitrogens with one attached hydrogen (secondary N) is 1. The fourth-order valence-electron chi connectivity index (χ4n) is 4.14. The largest absolute Gasteiger partial charge is 0.387 e. The Hall–Kier alpha value is -1.98. The molecule has 1 spiro atoms. The molecule has 1 atom stereocenters. The van der Waals surface area contributed by atoms with Crippen LogP contribution < -0.4 is 10.9 Å². The van der Waals surface area contributed by atoms with Crippen molar-refractivity contribution in [3.63, 3.8) is 0 Å². The van der Waals surface area contributed by atoms with Crippen LogP contribution in [0.2, 0.25) is 0 Å². The molecule has 1 aromatic heterocycles. The first kappa shape index (κ1) is 15.5. The summed E-state index contributed by atoms with van der Waals surface area (Å²) in [6.45, 7) is 1.96. The lowest BCUT2D eigenvalue weighted by molar-refractivity contribution is -0.155. The molecule has 2 N–H and O–H groups in total. The van der Waals surface area contributed by atoms with E-state index in [-0.39, 0.29) is 11.0 Å². The summed E-state index contributed by atoms with van der Waals surface area (Å²) in [4.78, 5) is 17.0. The van der Waals surface area contributed by atoms with Crippen molar-refractivity contribution in [3.8, 4) is 11.3 Å². The fourth-order valence-corrected chi connectivity index (χ4v) is 4.14. The molecule has 0 amide bonds. The van der Waals surface area contributed by atoms with Crippen molar-refractivity contribution in [1.82, 2.24) is 14.9 Å². The maximum atomic E-state index is 12.5. The highest BCUT2D eigenvalue weighted by molar-refractivity contribution is 5.57. The lowest BCUT2D eigenvalue weighted by Gasteiger charge is -2.56. The number of hydrogen-bond acceptors (Lipinski definition) is 4. The number of rotatable bonds is 3. The number of aliphatic hydroxyl groups is 1. The zero-order valence-corrected chi connectivity index (χ0v) is 13.7. The molecular weight excluding hydrogens is 302 g/mol. The molecule has 1 aromatic carbocycles. The van der Waals surface area contributed by atoms with E-state index in [4.69, 9.17) is 0 Å². The van der Waals surface area contributed by atoms with Gasteiger partial charge in [-0.05, 0) is 25.8 Å². The van der Waals surface area contributed by atoms with Crippen molar-refractivity contribution >= 4 is 0 Å². The normalized spacial score (nSPS) is 25.4. The van der Waals surface area contributed by atoms with E-state index >= 15 is 0 Å². The zero-order valence-electron chi connectivity index (χ0n) is 13.7. The topological polar surface area (TPSA) is 67.2 Å². The summed E-state index contributed by atoms with van der Waals surface area (Å²) in [5, 5.41) is 14.7. The van der Waals surface area contributed by atoms with Gasteiger partial charge in [0.2, 0.25) is 0 Å². The van der Waals surface area contributed by atoms with Crippen LogP contribution in [0.15, 0.2) is 47.5 Å². The molecule has 1 aliphatic heterocycles. The molecular formula is C19H23N3O2. The van der Waals surface area contributed by atoms with Crippen molar-refractivity contribution < 1.29 is 5.11 Å². The molecule has 2 heterocycles. The summed E-state index contributed by atoms with van der Waals surface area (Å²) in [5.74, 6) is 0. The van der Waals surface area contributed by atoms with Crippen LogP contribution in [0, 0.1) is 5.41 Å². The van der Waals surface area contributed by atoms with Gasteiger partial charge in [-0.15, -0.1) is 0 Å². The number of nitrogens with zero attached hydrogens (tertiary/aromatic N) is 2. The third-order valence-electron chi connectivity index (χ3n) is 5.86. The van der Waals surface area contributed by atoms with Crippen LogP contribution in [0.4, 0.5) is 0 Å². The van der Waals surface area contributed by atoms with Crippen LogP contribution in [-0.2, 0) is 6.54 Å². The second kappa shape index (κ2) is 5.83. The van der Waals surface area contributed by atoms with Crippen molar-refractivity contribution in [3.05, 3.63) is 53.1 Å². The predicted molar refractivity (Wildman–Crippen MR) is 92.7 cm³/mol. The molecule has 126 valence electrons. The SMILES string of the molecule is O=c1cc(-c2ccccc2)ncn1CC1(O)CCNCC12CCC2. The maximum Gasteiger partial charge on any atom is 0.253 e. The van der Waals surface area contributed by atoms with Gasteiger partial charge in [0.15, 0.2) is 0 Å². The van der Waals surface area contributed by atoms with Crippen molar-refractivity contribution in [1.29, 1.82) is 0 Å². The van der Waals surface area contributed by atoms with E-state index in [9.17, 15) is 9.90 Å². The quantitative estimate of drug-likeness (QED) is 0.903. The zero-order chi connectivity index (χ0) is 16.6. The number of aromatic nitrogens is 2. The summed E-state index contributed by atoms with van der Waals surface area (Å²) < 4.78 is 1.57. The van der Waals surface area contributed by atoms with E-state index in [2.05, 4.69) is 10.3 Å². The van der Waals surface area contributed by atoms with Crippen molar-refractivity contribution in [2.75, 3.05) is 13.1 Å². The molecule has 2 fully saturated rings. The predicted octanol–water partition coefficient (Wildman–Crippen LogP) is 1.80. The van der Waals surface area contributed by atoms with Gasteiger partial charge in [-0.3, -0.25) is 9.36 Å². The monoisotopic (exact) mass is 325 g/mol. The minimum Gasteiger partial charge on any atom is -0.387 e. The first-order valence-corrected chi connectivity index (χ1v) is 8.67. The van der Waals surface area contributed by atoms with Gasteiger partial charge in [-0.1, -0.05) is 36.8 Å². The molecule has 4 rings (SSSR count). The molecule has 0 bridgehead atoms. The first-order chi connectivity index (χ1) is 11.6. The highest BCUT2D eigenvalue weighted by atomic mass is 16.3. The van der Waals surface area contributed by atoms with Crippen molar-refractivity contribution in [2.24, 2.45) is 5.41 Å². The Morgan fingerprint density at radius 1 is 1.21 bits per heavy atom. The van der Waals surface area contributed by atoms with Gasteiger partial charge >= 0.3 is 0 Å². The number of piperidine rings is 1. The van der Waals surface area contributed by atoms with Gasteiger partial charge < -0.3 is 10.4 Å². The minimum atomic E-state index is -0.823. The van der Waals surface area contributed by atoms with E-state index in [0.717, 1.165) is 37.9 Å². The molecule has 24 heavy (non-hydrogen) atoms. The van der Waals surface area contributed by atoms with Gasteiger partial charge in [-0.2, -0.15) is 0 Å². The average molecular weight is 325 g/mol. The Balaban J connectivity index is 1.62. The second-order valence-corrected chi connectivity index (χ2v) is 7.20. The Morgan fingerprint density at radius 2 is 2.00 bits per heavy atom. The molecule has 5 nitrogen and oxygen atoms in total. The van der Waals surface area contributed by atoms with Gasteiger partial charge in [0, 0.05) is 23.6 Å². The van der Waals surface area contributed by atoms with E-state index in [1.54, 1.807) is 17.0 Å². The highest BCUT2D eigenvalue weighted by Gasteiger charge is 2.55. The minimum absolute atomic E-state index is 0.0806. The summed E-state index contributed by atoms with van der Waals surface area (Å²) in [6, 6.07) is 11.2. The van der Waals surface area contributed by atoms with Gasteiger partial charge in [0.1, 0.15) is 0 Å². The summed E-state index contributed by atoms with van der Waals surface area (Å²) in [6.07, 6.45) is 5.47. The molecule has 0 radical (unpaired) electrons. The van der Waals surface area contributed by atoms with Crippen molar-refractivity contribution in [2.45, 2.75) is 37.8 Å². The Kier molecular flexibility index (Phi) is 3.77. The van der Waals surface area contributed by atoms with E-state index in [1.807, 2.05) is 30.3 Å². The van der Waals surface area contributed by atoms with Crippen LogP contribution in [0.25, 0.3) is 11.3 Å². The molecule has 5 heteroatoms. The van der Waals surface area contributed by atoms with Crippen LogP contribution in [0.3, 0.4) is 0 Å². The summed E-state index contributed by atoms with van der Waals surface area (Å²) in [5.41, 5.74) is 0.592. The molecule has 1 saturated carbocycles. The first-order valence-electron chi connectivity index (χ1n) is 8.67. The molecule has 1 unspecified atom stereocenters. The second-order valence-electron chi connectivity index (χ2n) is 7.20. The fraction of sp³-hybridized carbons (Fsp3) is 0.474. The lowest BCUT2D eigenvalue weighted by atomic mass is 9.56. The molecule has 2 aliphatic rings.